The van der Waals surface area contributed by atoms with Gasteiger partial charge in [-0.15, -0.1) is 9.24 Å². The molecule has 1 saturated carbocycles. The minimum Gasteiger partial charge on any atom is -0.494 e. The Bertz CT molecular complexity index is 1740. The monoisotopic (exact) mass is 697 g/mol. The van der Waals surface area contributed by atoms with Crippen molar-refractivity contribution < 1.29 is 27.5 Å². The zero-order valence-corrected chi connectivity index (χ0v) is 29.8. The molecule has 4 atom stereocenters. The van der Waals surface area contributed by atoms with E-state index in [2.05, 4.69) is 38.0 Å². The van der Waals surface area contributed by atoms with Crippen LogP contribution >= 0.6 is 20.8 Å². The van der Waals surface area contributed by atoms with E-state index in [9.17, 15) is 9.18 Å². The van der Waals surface area contributed by atoms with Gasteiger partial charge in [-0.1, -0.05) is 49.1 Å². The van der Waals surface area contributed by atoms with E-state index >= 15 is 4.39 Å². The van der Waals surface area contributed by atoms with E-state index in [0.29, 0.717) is 88.7 Å². The summed E-state index contributed by atoms with van der Waals surface area (Å²) >= 11 is 6.71. The molecule has 1 fully saturated rings. The van der Waals surface area contributed by atoms with Crippen molar-refractivity contribution in [3.8, 4) is 23.3 Å². The number of pyridine rings is 1. The molecule has 0 radical (unpaired) electrons. The predicted octanol–water partition coefficient (Wildman–Crippen LogP) is 8.36. The molecule has 11 heteroatoms. The number of methoxy groups -OCH3 is 1. The number of alkyl halides is 2. The van der Waals surface area contributed by atoms with Crippen molar-refractivity contribution in [2.75, 3.05) is 26.4 Å². The van der Waals surface area contributed by atoms with Gasteiger partial charge in [-0.2, -0.15) is 0 Å². The zero-order chi connectivity index (χ0) is 34.8. The van der Waals surface area contributed by atoms with Crippen molar-refractivity contribution in [1.29, 1.82) is 0 Å². The summed E-state index contributed by atoms with van der Waals surface area (Å²) in [6.07, 6.45) is 5.34. The Balaban J connectivity index is 0.00000123. The first kappa shape index (κ1) is 37.3. The van der Waals surface area contributed by atoms with E-state index < -0.39 is 18.3 Å². The molecule has 7 nitrogen and oxygen atoms in total. The summed E-state index contributed by atoms with van der Waals surface area (Å²) in [6.45, 7) is 9.58. The summed E-state index contributed by atoms with van der Waals surface area (Å²) in [5.41, 5.74) is 4.56. The van der Waals surface area contributed by atoms with Crippen molar-refractivity contribution in [2.45, 2.75) is 77.2 Å². The average molecular weight is 698 g/mol. The molecule has 0 bridgehead atoms. The molecule has 0 spiro atoms. The number of aldehydes is 1. The molecule has 1 aromatic carbocycles. The van der Waals surface area contributed by atoms with Gasteiger partial charge in [0.25, 0.3) is 0 Å². The molecule has 0 saturated heterocycles. The number of rotatable bonds is 15. The summed E-state index contributed by atoms with van der Waals surface area (Å²) in [7, 11) is 4.20. The van der Waals surface area contributed by atoms with Gasteiger partial charge in [0, 0.05) is 42.6 Å². The van der Waals surface area contributed by atoms with Gasteiger partial charge in [-0.25, -0.2) is 18.7 Å². The molecule has 48 heavy (non-hydrogen) atoms. The van der Waals surface area contributed by atoms with Crippen LogP contribution in [0.5, 0.6) is 11.5 Å². The summed E-state index contributed by atoms with van der Waals surface area (Å²) in [6, 6.07) is 5.66. The number of allylic oxidation sites excluding steroid dienone is 5. The number of halogens is 3. The Morgan fingerprint density at radius 2 is 2.04 bits per heavy atom. The van der Waals surface area contributed by atoms with Crippen LogP contribution in [0.15, 0.2) is 52.0 Å². The lowest BCUT2D eigenvalue weighted by atomic mass is 9.93. The highest BCUT2D eigenvalue weighted by Gasteiger charge is 2.31. The quantitative estimate of drug-likeness (QED) is 0.0739. The maximum Gasteiger partial charge on any atom is 0.198 e. The van der Waals surface area contributed by atoms with Crippen LogP contribution in [0.1, 0.15) is 86.7 Å². The molecule has 1 aliphatic heterocycles. The molecule has 2 aliphatic rings. The van der Waals surface area contributed by atoms with Crippen LogP contribution in [0.2, 0.25) is 0 Å². The summed E-state index contributed by atoms with van der Waals surface area (Å²) < 4.78 is 47.7. The second-order valence-electron chi connectivity index (χ2n) is 11.7. The number of hydrogen-bond acceptors (Lipinski definition) is 7. The van der Waals surface area contributed by atoms with Gasteiger partial charge in [-0.05, 0) is 68.6 Å². The number of nitrogens with zero attached hydrogens (tertiary/aromatic N) is 2. The van der Waals surface area contributed by atoms with Crippen molar-refractivity contribution in [3.63, 3.8) is 0 Å². The highest BCUT2D eigenvalue weighted by atomic mass is 35.5. The summed E-state index contributed by atoms with van der Waals surface area (Å²) in [4.78, 5) is 18.7. The number of carbonyl (C=O) groups is 1. The van der Waals surface area contributed by atoms with Crippen LogP contribution in [0.4, 0.5) is 8.78 Å². The van der Waals surface area contributed by atoms with E-state index in [0.717, 1.165) is 30.6 Å². The molecule has 5 rings (SSSR count). The van der Waals surface area contributed by atoms with E-state index in [1.54, 1.807) is 32.3 Å². The summed E-state index contributed by atoms with van der Waals surface area (Å²) in [5.74, 6) is 7.64. The number of nitrogens with one attached hydrogen (secondary N) is 1. The normalized spacial score (nSPS) is 16.2. The standard InChI is InChI=1S/C34H37ClF2N3O3P.C3H6O/c1-5-7-24(30(35)19(2)20(3)36)31-33-23(8-6-12-42-33)16-27(39-31)25(26(37)11-13-44)18-38-17-21-14-28(41-4)32-29(15-21)43-34(40-32)22-9-10-22;1-2-3-4/h5,7,14-16,20,22,25-26,38H,1,9-13,17-18,44H2,2-4H3;3H,2H2,1H3/b24-7+,30-19-;. The van der Waals surface area contributed by atoms with Crippen molar-refractivity contribution >= 4 is 43.8 Å². The second kappa shape index (κ2) is 17.7. The molecule has 2 aromatic heterocycles. The lowest BCUT2D eigenvalue weighted by molar-refractivity contribution is -0.107. The fraction of sp³-hybridized carbons (Fsp3) is 0.432. The Hall–Kier alpha value is -3.57. The third-order valence-electron chi connectivity index (χ3n) is 8.03. The van der Waals surface area contributed by atoms with E-state index in [4.69, 9.17) is 30.5 Å². The maximum absolute atomic E-state index is 15.9. The largest absolute Gasteiger partial charge is 0.494 e. The van der Waals surface area contributed by atoms with Gasteiger partial charge < -0.3 is 24.0 Å². The number of aromatic nitrogens is 2. The lowest BCUT2D eigenvalue weighted by Gasteiger charge is -2.24. The molecule has 3 aromatic rings. The van der Waals surface area contributed by atoms with Gasteiger partial charge in [0.15, 0.2) is 22.7 Å². The van der Waals surface area contributed by atoms with Crippen LogP contribution in [0.25, 0.3) is 16.7 Å². The molecular formula is C37H43ClF2N3O4P. The third kappa shape index (κ3) is 9.11. The highest BCUT2D eigenvalue weighted by molar-refractivity contribution is 7.16. The van der Waals surface area contributed by atoms with Crippen LogP contribution in [-0.4, -0.2) is 55.0 Å². The fourth-order valence-corrected chi connectivity index (χ4v) is 5.77. The zero-order valence-electron chi connectivity index (χ0n) is 27.9. The molecule has 1 aliphatic carbocycles. The van der Waals surface area contributed by atoms with Crippen molar-refractivity contribution in [2.24, 2.45) is 0 Å². The van der Waals surface area contributed by atoms with Crippen LogP contribution in [-0.2, 0) is 11.3 Å². The molecule has 0 amide bonds. The van der Waals surface area contributed by atoms with E-state index in [1.807, 2.05) is 19.1 Å². The van der Waals surface area contributed by atoms with Gasteiger partial charge in [0.05, 0.1) is 17.7 Å². The molecule has 256 valence electrons. The van der Waals surface area contributed by atoms with Gasteiger partial charge in [0.1, 0.15) is 36.7 Å². The van der Waals surface area contributed by atoms with Crippen LogP contribution < -0.4 is 14.8 Å². The first-order valence-corrected chi connectivity index (χ1v) is 17.3. The molecule has 1 N–H and O–H groups in total. The van der Waals surface area contributed by atoms with Crippen molar-refractivity contribution in [3.05, 3.63) is 75.9 Å². The average Bonchev–Trinajstić information content (AvgIpc) is 3.86. The number of hydrogen-bond donors (Lipinski definition) is 1. The fourth-order valence-electron chi connectivity index (χ4n) is 5.15. The summed E-state index contributed by atoms with van der Waals surface area (Å²) in [5, 5.41) is 3.62. The maximum atomic E-state index is 15.9. The SMILES string of the molecule is C=C/C=C(\C(Cl)=C(/C)C(C)F)c1nc(C(CNCc2cc(OC)c3nc(C4CC4)oc3c2)C(F)CCP)cc2c1OCC#C2.CCC=O. The number of ether oxygens (including phenoxy) is 2. The third-order valence-corrected chi connectivity index (χ3v) is 8.86. The first-order chi connectivity index (χ1) is 23.2. The van der Waals surface area contributed by atoms with E-state index in [1.165, 1.54) is 6.92 Å². The molecule has 3 heterocycles. The minimum absolute atomic E-state index is 0.174. The lowest BCUT2D eigenvalue weighted by Crippen LogP contribution is -2.29. The Morgan fingerprint density at radius 1 is 1.29 bits per heavy atom. The van der Waals surface area contributed by atoms with Gasteiger partial charge >= 0.3 is 0 Å². The van der Waals surface area contributed by atoms with Crippen LogP contribution in [0, 0.1) is 11.8 Å². The predicted molar refractivity (Wildman–Crippen MR) is 191 cm³/mol. The minimum atomic E-state index is -1.28. The molecular weight excluding hydrogens is 655 g/mol. The molecule has 4 unspecified atom stereocenters. The number of oxazole rings is 1. The number of benzene rings is 1. The van der Waals surface area contributed by atoms with Crippen molar-refractivity contribution in [1.82, 2.24) is 15.3 Å². The smallest absolute Gasteiger partial charge is 0.198 e. The Labute approximate surface area is 288 Å². The van der Waals surface area contributed by atoms with Gasteiger partial charge in [-0.3, -0.25) is 0 Å². The van der Waals surface area contributed by atoms with E-state index in [-0.39, 0.29) is 11.6 Å². The highest BCUT2D eigenvalue weighted by Crippen LogP contribution is 2.42. The topological polar surface area (TPSA) is 86.5 Å². The number of fused-ring (bicyclic) bond motifs is 2. The Morgan fingerprint density at radius 3 is 2.67 bits per heavy atom. The van der Waals surface area contributed by atoms with Crippen LogP contribution in [0.3, 0.4) is 0 Å². The first-order valence-electron chi connectivity index (χ1n) is 16.1. The number of carbonyl (C=O) groups excluding carboxylic acids is 1. The second-order valence-corrected chi connectivity index (χ2v) is 12.6. The Kier molecular flexibility index (Phi) is 13.8. The van der Waals surface area contributed by atoms with Gasteiger partial charge in [0.2, 0.25) is 0 Å².